The Bertz CT molecular complexity index is 719. The van der Waals surface area contributed by atoms with Gasteiger partial charge in [-0.1, -0.05) is 11.6 Å². The van der Waals surface area contributed by atoms with Crippen LogP contribution < -0.4 is 15.4 Å². The number of nitrogens with one attached hydrogen (secondary N) is 2. The molecule has 7 nitrogen and oxygen atoms in total. The molecular formula is C17H26ClN3O4S. The van der Waals surface area contributed by atoms with Gasteiger partial charge in [-0.15, -0.1) is 0 Å². The number of ether oxygens (including phenoxy) is 1. The summed E-state index contributed by atoms with van der Waals surface area (Å²) in [5.74, 6) is 0.953. The maximum Gasteiger partial charge on any atom is 0.221 e. The van der Waals surface area contributed by atoms with Crippen molar-refractivity contribution in [3.63, 3.8) is 0 Å². The second-order valence-electron chi connectivity index (χ2n) is 6.43. The predicted octanol–water partition coefficient (Wildman–Crippen LogP) is 1.94. The Kier molecular flexibility index (Phi) is 7.55. The number of hydrogen-bond donors (Lipinski definition) is 2. The number of anilines is 1. The van der Waals surface area contributed by atoms with E-state index < -0.39 is 10.0 Å². The number of amides is 1. The van der Waals surface area contributed by atoms with E-state index in [2.05, 4.69) is 10.6 Å². The fraction of sp³-hybridized carbons (Fsp3) is 0.588. The van der Waals surface area contributed by atoms with E-state index in [9.17, 15) is 13.2 Å². The average molecular weight is 404 g/mol. The topological polar surface area (TPSA) is 87.7 Å². The third-order valence-corrected chi connectivity index (χ3v) is 6.00. The lowest BCUT2D eigenvalue weighted by Gasteiger charge is -2.30. The normalized spacial score (nSPS) is 16.3. The number of methoxy groups -OCH3 is 1. The van der Waals surface area contributed by atoms with Gasteiger partial charge in [0.2, 0.25) is 15.9 Å². The highest BCUT2D eigenvalue weighted by Crippen LogP contribution is 2.27. The Morgan fingerprint density at radius 2 is 2.04 bits per heavy atom. The van der Waals surface area contributed by atoms with Gasteiger partial charge in [-0.25, -0.2) is 12.7 Å². The van der Waals surface area contributed by atoms with Crippen LogP contribution in [0.25, 0.3) is 0 Å². The van der Waals surface area contributed by atoms with Gasteiger partial charge < -0.3 is 15.4 Å². The first-order valence-corrected chi connectivity index (χ1v) is 10.8. The van der Waals surface area contributed by atoms with Crippen molar-refractivity contribution in [2.75, 3.05) is 44.9 Å². The first-order chi connectivity index (χ1) is 12.3. The van der Waals surface area contributed by atoms with E-state index in [0.717, 1.165) is 18.5 Å². The van der Waals surface area contributed by atoms with Crippen molar-refractivity contribution in [1.82, 2.24) is 9.62 Å². The minimum absolute atomic E-state index is 0.0379. The molecule has 1 aliphatic rings. The molecule has 0 atom stereocenters. The number of hydrogen-bond acceptors (Lipinski definition) is 5. The zero-order valence-electron chi connectivity index (χ0n) is 15.1. The first kappa shape index (κ1) is 20.8. The van der Waals surface area contributed by atoms with Crippen LogP contribution in [0.1, 0.15) is 19.3 Å². The fourth-order valence-corrected chi connectivity index (χ4v) is 3.97. The van der Waals surface area contributed by atoms with E-state index in [1.165, 1.54) is 10.6 Å². The molecular weight excluding hydrogens is 378 g/mol. The molecule has 1 amide bonds. The number of carbonyl (C=O) groups is 1. The molecule has 0 aliphatic carbocycles. The molecule has 2 rings (SSSR count). The van der Waals surface area contributed by atoms with Crippen LogP contribution in [-0.4, -0.2) is 58.2 Å². The number of sulfonamides is 1. The van der Waals surface area contributed by atoms with Crippen LogP contribution in [0.5, 0.6) is 5.75 Å². The van der Waals surface area contributed by atoms with Gasteiger partial charge in [-0.2, -0.15) is 0 Å². The molecule has 1 heterocycles. The number of benzene rings is 1. The van der Waals surface area contributed by atoms with Crippen molar-refractivity contribution in [1.29, 1.82) is 0 Å². The third-order valence-electron chi connectivity index (χ3n) is 4.46. The molecule has 0 saturated carbocycles. The Labute approximate surface area is 160 Å². The monoisotopic (exact) mass is 403 g/mol. The second-order valence-corrected chi connectivity index (χ2v) is 8.85. The minimum atomic E-state index is -3.11. The SMILES string of the molecule is COc1ccc(Cl)cc1NCCC(=O)NCC1CCN(S(C)(=O)=O)CC1. The largest absolute Gasteiger partial charge is 0.495 e. The van der Waals surface area contributed by atoms with Gasteiger partial charge in [0.1, 0.15) is 5.75 Å². The first-order valence-electron chi connectivity index (χ1n) is 8.59. The summed E-state index contributed by atoms with van der Waals surface area (Å²) >= 11 is 5.97. The van der Waals surface area contributed by atoms with E-state index >= 15 is 0 Å². The minimum Gasteiger partial charge on any atom is -0.495 e. The zero-order chi connectivity index (χ0) is 19.2. The molecule has 2 N–H and O–H groups in total. The quantitative estimate of drug-likeness (QED) is 0.692. The summed E-state index contributed by atoms with van der Waals surface area (Å²) in [4.78, 5) is 12.0. The summed E-state index contributed by atoms with van der Waals surface area (Å²) in [6.07, 6.45) is 3.10. The van der Waals surface area contributed by atoms with Crippen molar-refractivity contribution in [3.8, 4) is 5.75 Å². The van der Waals surface area contributed by atoms with E-state index in [4.69, 9.17) is 16.3 Å². The lowest BCUT2D eigenvalue weighted by molar-refractivity contribution is -0.121. The number of rotatable bonds is 8. The van der Waals surface area contributed by atoms with Gasteiger partial charge in [0, 0.05) is 37.6 Å². The van der Waals surface area contributed by atoms with Crippen LogP contribution in [0.4, 0.5) is 5.69 Å². The maximum atomic E-state index is 12.0. The zero-order valence-corrected chi connectivity index (χ0v) is 16.7. The van der Waals surface area contributed by atoms with Crippen molar-refractivity contribution in [3.05, 3.63) is 23.2 Å². The number of nitrogens with zero attached hydrogens (tertiary/aromatic N) is 1. The molecule has 26 heavy (non-hydrogen) atoms. The van der Waals surface area contributed by atoms with Gasteiger partial charge in [0.25, 0.3) is 0 Å². The molecule has 146 valence electrons. The second kappa shape index (κ2) is 9.43. The molecule has 0 spiro atoms. The van der Waals surface area contributed by atoms with Crippen molar-refractivity contribution in [2.45, 2.75) is 19.3 Å². The summed E-state index contributed by atoms with van der Waals surface area (Å²) in [6, 6.07) is 5.27. The smallest absolute Gasteiger partial charge is 0.221 e. The highest BCUT2D eigenvalue weighted by atomic mass is 35.5. The molecule has 1 aromatic carbocycles. The number of piperidine rings is 1. The number of halogens is 1. The van der Waals surface area contributed by atoms with E-state index in [0.29, 0.717) is 49.3 Å². The maximum absolute atomic E-state index is 12.0. The molecule has 1 aliphatic heterocycles. The molecule has 1 aromatic rings. The lowest BCUT2D eigenvalue weighted by Crippen LogP contribution is -2.41. The summed E-state index contributed by atoms with van der Waals surface area (Å²) in [7, 11) is -1.53. The Morgan fingerprint density at radius 3 is 2.65 bits per heavy atom. The molecule has 0 radical (unpaired) electrons. The third kappa shape index (κ3) is 6.34. The van der Waals surface area contributed by atoms with Crippen LogP contribution in [0, 0.1) is 5.92 Å². The van der Waals surface area contributed by atoms with Gasteiger partial charge in [0.05, 0.1) is 19.1 Å². The molecule has 0 unspecified atom stereocenters. The van der Waals surface area contributed by atoms with Crippen LogP contribution in [0.3, 0.4) is 0 Å². The van der Waals surface area contributed by atoms with Crippen LogP contribution >= 0.6 is 11.6 Å². The van der Waals surface area contributed by atoms with Gasteiger partial charge >= 0.3 is 0 Å². The Hall–Kier alpha value is -1.51. The molecule has 1 fully saturated rings. The highest BCUT2D eigenvalue weighted by Gasteiger charge is 2.24. The lowest BCUT2D eigenvalue weighted by atomic mass is 9.98. The van der Waals surface area contributed by atoms with Crippen LogP contribution in [0.15, 0.2) is 18.2 Å². The van der Waals surface area contributed by atoms with Crippen LogP contribution in [0.2, 0.25) is 5.02 Å². The molecule has 1 saturated heterocycles. The Balaban J connectivity index is 1.68. The van der Waals surface area contributed by atoms with E-state index in [1.807, 2.05) is 0 Å². The fourth-order valence-electron chi connectivity index (χ4n) is 2.92. The predicted molar refractivity (Wildman–Crippen MR) is 103 cm³/mol. The standard InChI is InChI=1S/C17H26ClN3O4S/c1-25-16-4-3-14(18)11-15(16)19-8-5-17(22)20-12-13-6-9-21(10-7-13)26(2,23)24/h3-4,11,13,19H,5-10,12H2,1-2H3,(H,20,22). The van der Waals surface area contributed by atoms with E-state index in [-0.39, 0.29) is 5.91 Å². The van der Waals surface area contributed by atoms with Gasteiger partial charge in [-0.3, -0.25) is 4.79 Å². The molecule has 0 bridgehead atoms. The summed E-state index contributed by atoms with van der Waals surface area (Å²) in [5, 5.41) is 6.68. The van der Waals surface area contributed by atoms with Crippen molar-refractivity contribution >= 4 is 33.2 Å². The van der Waals surface area contributed by atoms with Crippen molar-refractivity contribution < 1.29 is 17.9 Å². The van der Waals surface area contributed by atoms with Crippen LogP contribution in [-0.2, 0) is 14.8 Å². The average Bonchev–Trinajstić information content (AvgIpc) is 2.60. The van der Waals surface area contributed by atoms with Crippen molar-refractivity contribution in [2.24, 2.45) is 5.92 Å². The summed E-state index contributed by atoms with van der Waals surface area (Å²) < 4.78 is 29.7. The van der Waals surface area contributed by atoms with Gasteiger partial charge in [0.15, 0.2) is 0 Å². The highest BCUT2D eigenvalue weighted by molar-refractivity contribution is 7.88. The number of carbonyl (C=O) groups excluding carboxylic acids is 1. The molecule has 9 heteroatoms. The van der Waals surface area contributed by atoms with E-state index in [1.54, 1.807) is 25.3 Å². The van der Waals surface area contributed by atoms with Gasteiger partial charge in [-0.05, 0) is 37.0 Å². The summed E-state index contributed by atoms with van der Waals surface area (Å²) in [6.45, 7) is 2.09. The molecule has 0 aromatic heterocycles. The Morgan fingerprint density at radius 1 is 1.35 bits per heavy atom. The summed E-state index contributed by atoms with van der Waals surface area (Å²) in [5.41, 5.74) is 0.751.